The first-order valence-corrected chi connectivity index (χ1v) is 8.01. The lowest BCUT2D eigenvalue weighted by molar-refractivity contribution is -0.139. The van der Waals surface area contributed by atoms with Gasteiger partial charge in [0.1, 0.15) is 5.76 Å². The number of rotatable bonds is 13. The Kier molecular flexibility index (Phi) is 12.2. The number of allylic oxidation sites excluding steroid dienone is 3. The zero-order valence-electron chi connectivity index (χ0n) is 14.3. The molecule has 0 bridgehead atoms. The Morgan fingerprint density at radius 1 is 1.22 bits per heavy atom. The second-order valence-electron chi connectivity index (χ2n) is 5.77. The summed E-state index contributed by atoms with van der Waals surface area (Å²) in [5, 5.41) is 17.8. The Hall–Kier alpha value is -1.43. The minimum Gasteiger partial charge on any atom is -0.427 e. The molecular weight excluding hydrogens is 296 g/mol. The van der Waals surface area contributed by atoms with Gasteiger partial charge >= 0.3 is 5.97 Å². The molecule has 5 heteroatoms. The van der Waals surface area contributed by atoms with Gasteiger partial charge in [-0.05, 0) is 45.3 Å². The van der Waals surface area contributed by atoms with Crippen molar-refractivity contribution in [3.8, 4) is 0 Å². The number of hydrogen-bond donors (Lipinski definition) is 2. The summed E-state index contributed by atoms with van der Waals surface area (Å²) in [6.07, 6.45) is 9.82. The molecule has 0 unspecified atom stereocenters. The van der Waals surface area contributed by atoms with E-state index in [1.807, 2.05) is 13.8 Å². The second kappa shape index (κ2) is 13.0. The Labute approximate surface area is 139 Å². The maximum atomic E-state index is 11.8. The average Bonchev–Trinajstić information content (AvgIpc) is 2.51. The summed E-state index contributed by atoms with van der Waals surface area (Å²) in [5.74, 6) is 0.134. The molecule has 2 N–H and O–H groups in total. The number of aliphatic hydroxyl groups excluding tert-OH is 2. The first-order chi connectivity index (χ1) is 10.9. The van der Waals surface area contributed by atoms with Crippen molar-refractivity contribution in [3.63, 3.8) is 0 Å². The SMILES string of the molecule is C=C/C=C(\C=C/CCO)OC(=O)CCCCCOC(C)(C)CO. The highest BCUT2D eigenvalue weighted by Crippen LogP contribution is 2.11. The van der Waals surface area contributed by atoms with E-state index in [-0.39, 0.29) is 19.2 Å². The van der Waals surface area contributed by atoms with Gasteiger partial charge in [-0.1, -0.05) is 25.2 Å². The van der Waals surface area contributed by atoms with Gasteiger partial charge in [0, 0.05) is 19.6 Å². The van der Waals surface area contributed by atoms with Gasteiger partial charge in [0.05, 0.1) is 12.2 Å². The molecule has 0 amide bonds. The minimum absolute atomic E-state index is 0.0124. The van der Waals surface area contributed by atoms with E-state index in [1.54, 1.807) is 24.3 Å². The smallest absolute Gasteiger partial charge is 0.311 e. The summed E-state index contributed by atoms with van der Waals surface area (Å²) >= 11 is 0. The molecule has 0 aliphatic carbocycles. The maximum Gasteiger partial charge on any atom is 0.311 e. The van der Waals surface area contributed by atoms with Crippen LogP contribution >= 0.6 is 0 Å². The van der Waals surface area contributed by atoms with Crippen LogP contribution in [-0.2, 0) is 14.3 Å². The van der Waals surface area contributed by atoms with E-state index in [4.69, 9.17) is 19.7 Å². The monoisotopic (exact) mass is 326 g/mol. The summed E-state index contributed by atoms with van der Waals surface area (Å²) in [4.78, 5) is 11.8. The molecule has 23 heavy (non-hydrogen) atoms. The van der Waals surface area contributed by atoms with E-state index in [0.717, 1.165) is 19.3 Å². The summed E-state index contributed by atoms with van der Waals surface area (Å²) in [6.45, 7) is 7.85. The number of aliphatic hydroxyl groups is 2. The molecule has 0 aromatic carbocycles. The fourth-order valence-electron chi connectivity index (χ4n) is 1.64. The standard InChI is InChI=1S/C18H30O5/c1-4-10-16(11-7-8-13-19)23-17(21)12-6-5-9-14-22-18(2,3)15-20/h4,7,10-11,19-20H,1,5-6,8-9,12-15H2,2-3H3/b11-7-,16-10+. The molecule has 0 radical (unpaired) electrons. The van der Waals surface area contributed by atoms with Crippen LogP contribution in [0.5, 0.6) is 0 Å². The van der Waals surface area contributed by atoms with E-state index < -0.39 is 5.60 Å². The molecule has 0 aliphatic rings. The maximum absolute atomic E-state index is 11.8. The van der Waals surface area contributed by atoms with Gasteiger partial charge < -0.3 is 19.7 Å². The molecular formula is C18H30O5. The minimum atomic E-state index is -0.510. The number of carbonyl (C=O) groups excluding carboxylic acids is 1. The number of esters is 1. The van der Waals surface area contributed by atoms with E-state index in [9.17, 15) is 4.79 Å². The van der Waals surface area contributed by atoms with Crippen LogP contribution in [0.4, 0.5) is 0 Å². The first kappa shape index (κ1) is 21.6. The van der Waals surface area contributed by atoms with Crippen molar-refractivity contribution in [1.82, 2.24) is 0 Å². The van der Waals surface area contributed by atoms with E-state index in [1.165, 1.54) is 0 Å². The lowest BCUT2D eigenvalue weighted by Gasteiger charge is -2.22. The van der Waals surface area contributed by atoms with Crippen LogP contribution in [0, 0.1) is 0 Å². The van der Waals surface area contributed by atoms with E-state index >= 15 is 0 Å². The third-order valence-corrected chi connectivity index (χ3v) is 2.99. The third-order valence-electron chi connectivity index (χ3n) is 2.99. The molecule has 0 saturated carbocycles. The second-order valence-corrected chi connectivity index (χ2v) is 5.77. The Morgan fingerprint density at radius 3 is 2.57 bits per heavy atom. The van der Waals surface area contributed by atoms with Crippen LogP contribution in [0.2, 0.25) is 0 Å². The highest BCUT2D eigenvalue weighted by Gasteiger charge is 2.15. The Morgan fingerprint density at radius 2 is 1.96 bits per heavy atom. The molecule has 0 heterocycles. The fourth-order valence-corrected chi connectivity index (χ4v) is 1.64. The van der Waals surface area contributed by atoms with Gasteiger partial charge in [-0.3, -0.25) is 4.79 Å². The lowest BCUT2D eigenvalue weighted by atomic mass is 10.1. The third kappa shape index (κ3) is 12.8. The average molecular weight is 326 g/mol. The largest absolute Gasteiger partial charge is 0.427 e. The van der Waals surface area contributed by atoms with Crippen molar-refractivity contribution in [1.29, 1.82) is 0 Å². The number of unbranched alkanes of at least 4 members (excludes halogenated alkanes) is 2. The Balaban J connectivity index is 3.92. The zero-order chi connectivity index (χ0) is 17.6. The molecule has 132 valence electrons. The van der Waals surface area contributed by atoms with Crippen molar-refractivity contribution in [3.05, 3.63) is 36.6 Å². The predicted octanol–water partition coefficient (Wildman–Crippen LogP) is 2.89. The molecule has 0 atom stereocenters. The molecule has 0 spiro atoms. The van der Waals surface area contributed by atoms with E-state index in [2.05, 4.69) is 6.58 Å². The van der Waals surface area contributed by atoms with Crippen LogP contribution in [0.3, 0.4) is 0 Å². The van der Waals surface area contributed by atoms with Gasteiger partial charge in [0.15, 0.2) is 0 Å². The fraction of sp³-hybridized carbons (Fsp3) is 0.611. The topological polar surface area (TPSA) is 76.0 Å². The quantitative estimate of drug-likeness (QED) is 0.235. The summed E-state index contributed by atoms with van der Waals surface area (Å²) in [7, 11) is 0. The van der Waals surface area contributed by atoms with Crippen LogP contribution in [0.25, 0.3) is 0 Å². The molecule has 0 saturated heterocycles. The van der Waals surface area contributed by atoms with Gasteiger partial charge in [-0.15, -0.1) is 0 Å². The van der Waals surface area contributed by atoms with Crippen molar-refractivity contribution < 1.29 is 24.5 Å². The van der Waals surface area contributed by atoms with Crippen molar-refractivity contribution in [2.75, 3.05) is 19.8 Å². The van der Waals surface area contributed by atoms with Crippen molar-refractivity contribution >= 4 is 5.97 Å². The summed E-state index contributed by atoms with van der Waals surface area (Å²) in [6, 6.07) is 0. The van der Waals surface area contributed by atoms with Crippen LogP contribution in [-0.4, -0.2) is 41.6 Å². The van der Waals surface area contributed by atoms with Gasteiger partial charge in [-0.2, -0.15) is 0 Å². The van der Waals surface area contributed by atoms with Crippen LogP contribution < -0.4 is 0 Å². The zero-order valence-corrected chi connectivity index (χ0v) is 14.3. The highest BCUT2D eigenvalue weighted by molar-refractivity contribution is 5.71. The molecule has 5 nitrogen and oxygen atoms in total. The normalized spacial score (nSPS) is 12.6. The molecule has 0 aromatic heterocycles. The molecule has 0 aliphatic heterocycles. The van der Waals surface area contributed by atoms with Crippen LogP contribution in [0.15, 0.2) is 36.6 Å². The number of hydrogen-bond acceptors (Lipinski definition) is 5. The summed E-state index contributed by atoms with van der Waals surface area (Å²) in [5.41, 5.74) is -0.510. The van der Waals surface area contributed by atoms with Gasteiger partial charge in [0.2, 0.25) is 0 Å². The van der Waals surface area contributed by atoms with Crippen molar-refractivity contribution in [2.24, 2.45) is 0 Å². The molecule has 0 fully saturated rings. The van der Waals surface area contributed by atoms with Gasteiger partial charge in [0.25, 0.3) is 0 Å². The number of carbonyl (C=O) groups is 1. The Bertz CT molecular complexity index is 396. The van der Waals surface area contributed by atoms with Crippen molar-refractivity contribution in [2.45, 2.75) is 51.6 Å². The van der Waals surface area contributed by atoms with E-state index in [0.29, 0.717) is 25.2 Å². The molecule has 0 aromatic rings. The summed E-state index contributed by atoms with van der Waals surface area (Å²) < 4.78 is 10.8. The van der Waals surface area contributed by atoms with Crippen LogP contribution in [0.1, 0.15) is 46.0 Å². The highest BCUT2D eigenvalue weighted by atomic mass is 16.5. The predicted molar refractivity (Wildman–Crippen MR) is 90.8 cm³/mol. The number of ether oxygens (including phenoxy) is 2. The van der Waals surface area contributed by atoms with Gasteiger partial charge in [-0.25, -0.2) is 0 Å². The lowest BCUT2D eigenvalue weighted by Crippen LogP contribution is -2.29. The first-order valence-electron chi connectivity index (χ1n) is 8.01. The molecule has 0 rings (SSSR count).